The molecule has 0 aromatic rings. The van der Waals surface area contributed by atoms with Crippen LogP contribution in [0.15, 0.2) is 0 Å². The van der Waals surface area contributed by atoms with Crippen molar-refractivity contribution >= 4 is 5.91 Å². The fourth-order valence-corrected chi connectivity index (χ4v) is 2.14. The number of nitrogens with two attached hydrogens (primary N) is 1. The molecule has 0 atom stereocenters. The van der Waals surface area contributed by atoms with Gasteiger partial charge in [0, 0.05) is 39.8 Å². The Kier molecular flexibility index (Phi) is 7.23. The first-order valence-corrected chi connectivity index (χ1v) is 7.06. The van der Waals surface area contributed by atoms with E-state index in [4.69, 9.17) is 5.73 Å². The molecule has 5 nitrogen and oxygen atoms in total. The Hall–Kier alpha value is -0.650. The lowest BCUT2D eigenvalue weighted by atomic mass is 10.2. The van der Waals surface area contributed by atoms with Gasteiger partial charge in [0.15, 0.2) is 0 Å². The van der Waals surface area contributed by atoms with Crippen LogP contribution < -0.4 is 5.73 Å². The molecule has 0 bridgehead atoms. The molecule has 1 rings (SSSR count). The van der Waals surface area contributed by atoms with E-state index in [1.165, 1.54) is 6.42 Å². The number of carbonyl (C=O) groups excluding carboxylic acids is 1. The monoisotopic (exact) mass is 256 g/mol. The highest BCUT2D eigenvalue weighted by molar-refractivity contribution is 5.77. The van der Waals surface area contributed by atoms with Crippen molar-refractivity contribution in [3.8, 4) is 0 Å². The van der Waals surface area contributed by atoms with Crippen LogP contribution in [0.5, 0.6) is 0 Å². The van der Waals surface area contributed by atoms with Gasteiger partial charge in [-0.25, -0.2) is 0 Å². The van der Waals surface area contributed by atoms with E-state index < -0.39 is 0 Å². The highest BCUT2D eigenvalue weighted by atomic mass is 16.2. The summed E-state index contributed by atoms with van der Waals surface area (Å²) in [4.78, 5) is 18.3. The van der Waals surface area contributed by atoms with Gasteiger partial charge in [-0.2, -0.15) is 0 Å². The number of likely N-dealkylation sites (N-methyl/N-ethyl adjacent to an activating group) is 1. The molecule has 1 saturated heterocycles. The van der Waals surface area contributed by atoms with Crippen molar-refractivity contribution in [2.24, 2.45) is 5.73 Å². The molecule has 0 unspecified atom stereocenters. The first kappa shape index (κ1) is 15.4. The quantitative estimate of drug-likeness (QED) is 0.642. The standard InChI is InChI=1S/C13H28N4O/c1-3-15(2)13(18)12-17-10-8-16(9-11-17)7-5-4-6-14/h3-12,14H2,1-2H3. The molecular formula is C13H28N4O. The molecule has 5 heteroatoms. The molecule has 1 heterocycles. The third-order valence-electron chi connectivity index (χ3n) is 3.65. The van der Waals surface area contributed by atoms with Crippen molar-refractivity contribution in [2.45, 2.75) is 19.8 Å². The molecule has 18 heavy (non-hydrogen) atoms. The van der Waals surface area contributed by atoms with Crippen LogP contribution in [0, 0.1) is 0 Å². The fraction of sp³-hybridized carbons (Fsp3) is 0.923. The highest BCUT2D eigenvalue weighted by Gasteiger charge is 2.19. The molecule has 0 aromatic heterocycles. The van der Waals surface area contributed by atoms with Gasteiger partial charge in [0.1, 0.15) is 0 Å². The Morgan fingerprint density at radius 3 is 2.33 bits per heavy atom. The second kappa shape index (κ2) is 8.45. The molecule has 1 amide bonds. The molecule has 1 aliphatic heterocycles. The minimum atomic E-state index is 0.231. The van der Waals surface area contributed by atoms with Crippen LogP contribution in [-0.2, 0) is 4.79 Å². The van der Waals surface area contributed by atoms with Crippen molar-refractivity contribution in [3.05, 3.63) is 0 Å². The number of amides is 1. The third kappa shape index (κ3) is 5.33. The van der Waals surface area contributed by atoms with E-state index in [1.54, 1.807) is 4.90 Å². The summed E-state index contributed by atoms with van der Waals surface area (Å²) in [6, 6.07) is 0. The zero-order valence-corrected chi connectivity index (χ0v) is 11.9. The van der Waals surface area contributed by atoms with Crippen LogP contribution in [0.1, 0.15) is 19.8 Å². The van der Waals surface area contributed by atoms with Gasteiger partial charge in [0.2, 0.25) is 5.91 Å². The number of hydrogen-bond acceptors (Lipinski definition) is 4. The van der Waals surface area contributed by atoms with Gasteiger partial charge in [-0.05, 0) is 32.9 Å². The minimum absolute atomic E-state index is 0.231. The lowest BCUT2D eigenvalue weighted by molar-refractivity contribution is -0.131. The predicted octanol–water partition coefficient (Wildman–Crippen LogP) is -0.179. The smallest absolute Gasteiger partial charge is 0.236 e. The first-order valence-electron chi connectivity index (χ1n) is 7.06. The third-order valence-corrected chi connectivity index (χ3v) is 3.65. The predicted molar refractivity (Wildman–Crippen MR) is 74.5 cm³/mol. The SMILES string of the molecule is CCN(C)C(=O)CN1CCN(CCCCN)CC1. The molecule has 1 aliphatic rings. The minimum Gasteiger partial charge on any atom is -0.345 e. The number of piperazine rings is 1. The Morgan fingerprint density at radius 2 is 1.78 bits per heavy atom. The summed E-state index contributed by atoms with van der Waals surface area (Å²) in [7, 11) is 1.87. The number of unbranched alkanes of at least 4 members (excludes halogenated alkanes) is 1. The zero-order chi connectivity index (χ0) is 13.4. The van der Waals surface area contributed by atoms with Crippen LogP contribution in [0.2, 0.25) is 0 Å². The molecule has 0 spiro atoms. The summed E-state index contributed by atoms with van der Waals surface area (Å²) >= 11 is 0. The van der Waals surface area contributed by atoms with Gasteiger partial charge >= 0.3 is 0 Å². The van der Waals surface area contributed by atoms with Crippen molar-refractivity contribution in [3.63, 3.8) is 0 Å². The average Bonchev–Trinajstić information content (AvgIpc) is 2.40. The zero-order valence-electron chi connectivity index (χ0n) is 11.9. The molecule has 106 valence electrons. The summed E-state index contributed by atoms with van der Waals surface area (Å²) in [5, 5.41) is 0. The largest absolute Gasteiger partial charge is 0.345 e. The number of rotatable bonds is 7. The summed E-state index contributed by atoms with van der Waals surface area (Å²) in [6.45, 7) is 9.47. The lowest BCUT2D eigenvalue weighted by Crippen LogP contribution is -2.49. The molecular weight excluding hydrogens is 228 g/mol. The van der Waals surface area contributed by atoms with E-state index in [1.807, 2.05) is 14.0 Å². The van der Waals surface area contributed by atoms with Crippen molar-refractivity contribution < 1.29 is 4.79 Å². The highest BCUT2D eigenvalue weighted by Crippen LogP contribution is 2.03. The maximum absolute atomic E-state index is 11.8. The van der Waals surface area contributed by atoms with Crippen molar-refractivity contribution in [1.29, 1.82) is 0 Å². The van der Waals surface area contributed by atoms with E-state index in [0.29, 0.717) is 6.54 Å². The molecule has 1 fully saturated rings. The maximum atomic E-state index is 11.8. The molecule has 0 aromatic carbocycles. The van der Waals surface area contributed by atoms with Crippen LogP contribution in [0.25, 0.3) is 0 Å². The van der Waals surface area contributed by atoms with Crippen molar-refractivity contribution in [1.82, 2.24) is 14.7 Å². The molecule has 0 saturated carbocycles. The van der Waals surface area contributed by atoms with Gasteiger partial charge in [-0.1, -0.05) is 0 Å². The molecule has 0 radical (unpaired) electrons. The van der Waals surface area contributed by atoms with Crippen LogP contribution in [0.4, 0.5) is 0 Å². The van der Waals surface area contributed by atoms with E-state index in [9.17, 15) is 4.79 Å². The van der Waals surface area contributed by atoms with E-state index >= 15 is 0 Å². The number of nitrogens with zero attached hydrogens (tertiary/aromatic N) is 3. The lowest BCUT2D eigenvalue weighted by Gasteiger charge is -2.34. The van der Waals surface area contributed by atoms with Gasteiger partial charge in [-0.15, -0.1) is 0 Å². The maximum Gasteiger partial charge on any atom is 0.236 e. The fourth-order valence-electron chi connectivity index (χ4n) is 2.14. The Balaban J connectivity index is 2.17. The van der Waals surface area contributed by atoms with Gasteiger partial charge in [0.05, 0.1) is 6.54 Å². The van der Waals surface area contributed by atoms with Crippen LogP contribution in [-0.4, -0.2) is 80.0 Å². The molecule has 0 aliphatic carbocycles. The van der Waals surface area contributed by atoms with Crippen LogP contribution >= 0.6 is 0 Å². The van der Waals surface area contributed by atoms with Gasteiger partial charge in [0.25, 0.3) is 0 Å². The Morgan fingerprint density at radius 1 is 1.17 bits per heavy atom. The second-order valence-corrected chi connectivity index (χ2v) is 5.02. The normalized spacial score (nSPS) is 17.9. The van der Waals surface area contributed by atoms with Crippen molar-refractivity contribution in [2.75, 3.05) is 59.4 Å². The Bertz CT molecular complexity index is 239. The Labute approximate surface area is 111 Å². The number of hydrogen-bond donors (Lipinski definition) is 1. The first-order chi connectivity index (χ1) is 8.67. The van der Waals surface area contributed by atoms with Gasteiger partial charge < -0.3 is 15.5 Å². The van der Waals surface area contributed by atoms with E-state index in [-0.39, 0.29) is 5.91 Å². The van der Waals surface area contributed by atoms with Crippen LogP contribution in [0.3, 0.4) is 0 Å². The molecule has 2 N–H and O–H groups in total. The topological polar surface area (TPSA) is 52.8 Å². The summed E-state index contributed by atoms with van der Waals surface area (Å²) in [6.07, 6.45) is 2.30. The second-order valence-electron chi connectivity index (χ2n) is 5.02. The summed E-state index contributed by atoms with van der Waals surface area (Å²) in [5.74, 6) is 0.231. The van der Waals surface area contributed by atoms with E-state index in [2.05, 4.69) is 9.80 Å². The van der Waals surface area contributed by atoms with E-state index in [0.717, 1.165) is 52.2 Å². The summed E-state index contributed by atoms with van der Waals surface area (Å²) in [5.41, 5.74) is 5.49. The average molecular weight is 256 g/mol. The summed E-state index contributed by atoms with van der Waals surface area (Å²) < 4.78 is 0. The number of carbonyl (C=O) groups is 1. The van der Waals surface area contributed by atoms with Gasteiger partial charge in [-0.3, -0.25) is 9.69 Å².